The molecule has 0 aliphatic heterocycles. The molecule has 1 heterocycles. The number of nitrogens with zero attached hydrogens (tertiary/aromatic N) is 2. The lowest BCUT2D eigenvalue weighted by Gasteiger charge is -2.14. The van der Waals surface area contributed by atoms with E-state index in [0.717, 1.165) is 10.0 Å². The quantitative estimate of drug-likeness (QED) is 0.869. The van der Waals surface area contributed by atoms with Crippen molar-refractivity contribution in [2.45, 2.75) is 13.0 Å². The largest absolute Gasteiger partial charge is 0.464 e. The Bertz CT molecular complexity index is 584. The van der Waals surface area contributed by atoms with Crippen LogP contribution in [-0.4, -0.2) is 23.0 Å². The Balaban J connectivity index is 2.06. The Morgan fingerprint density at radius 1 is 1.25 bits per heavy atom. The van der Waals surface area contributed by atoms with Crippen molar-refractivity contribution in [2.75, 3.05) is 12.4 Å². The summed E-state index contributed by atoms with van der Waals surface area (Å²) in [6, 6.07) is 8.11. The zero-order valence-corrected chi connectivity index (χ0v) is 12.7. The van der Waals surface area contributed by atoms with Gasteiger partial charge in [-0.15, -0.1) is 0 Å². The van der Waals surface area contributed by atoms with Crippen molar-refractivity contribution in [3.8, 4) is 0 Å². The van der Waals surface area contributed by atoms with Crippen molar-refractivity contribution >= 4 is 27.7 Å². The maximum Gasteiger partial charge on any atom is 0.358 e. The molecule has 0 aliphatic carbocycles. The average molecular weight is 336 g/mol. The highest BCUT2D eigenvalue weighted by Gasteiger charge is 2.09. The molecular formula is C14H14BrN3O2. The molecule has 2 rings (SSSR count). The molecule has 1 N–H and O–H groups in total. The lowest BCUT2D eigenvalue weighted by Crippen LogP contribution is -2.10. The fraction of sp³-hybridized carbons (Fsp3) is 0.214. The van der Waals surface area contributed by atoms with E-state index in [-0.39, 0.29) is 11.7 Å². The van der Waals surface area contributed by atoms with Gasteiger partial charge in [-0.1, -0.05) is 28.1 Å². The van der Waals surface area contributed by atoms with Crippen LogP contribution >= 0.6 is 15.9 Å². The van der Waals surface area contributed by atoms with E-state index >= 15 is 0 Å². The van der Waals surface area contributed by atoms with Gasteiger partial charge in [0.15, 0.2) is 5.69 Å². The third kappa shape index (κ3) is 3.54. The lowest BCUT2D eigenvalue weighted by atomic mass is 10.1. The summed E-state index contributed by atoms with van der Waals surface area (Å²) in [4.78, 5) is 19.4. The number of esters is 1. The van der Waals surface area contributed by atoms with E-state index in [4.69, 9.17) is 0 Å². The smallest absolute Gasteiger partial charge is 0.358 e. The Kier molecular flexibility index (Phi) is 4.68. The van der Waals surface area contributed by atoms with Crippen LogP contribution in [0.1, 0.15) is 29.0 Å². The number of anilines is 1. The van der Waals surface area contributed by atoms with Crippen LogP contribution in [0.5, 0.6) is 0 Å². The number of ether oxygens (including phenoxy) is 1. The van der Waals surface area contributed by atoms with E-state index in [0.29, 0.717) is 5.82 Å². The fourth-order valence-electron chi connectivity index (χ4n) is 1.67. The minimum atomic E-state index is -0.495. The van der Waals surface area contributed by atoms with Gasteiger partial charge in [0.25, 0.3) is 0 Å². The number of carbonyl (C=O) groups is 1. The first-order valence-corrected chi connectivity index (χ1v) is 6.82. The normalized spacial score (nSPS) is 11.8. The zero-order valence-electron chi connectivity index (χ0n) is 11.1. The first kappa shape index (κ1) is 14.5. The molecule has 0 bridgehead atoms. The molecule has 0 saturated heterocycles. The number of rotatable bonds is 4. The third-order valence-corrected chi connectivity index (χ3v) is 3.31. The summed E-state index contributed by atoms with van der Waals surface area (Å²) in [5, 5.41) is 3.22. The second-order valence-electron chi connectivity index (χ2n) is 4.20. The first-order valence-electron chi connectivity index (χ1n) is 6.02. The second kappa shape index (κ2) is 6.47. The predicted octanol–water partition coefficient (Wildman–Crippen LogP) is 3.20. The molecule has 20 heavy (non-hydrogen) atoms. The Hall–Kier alpha value is -1.95. The molecule has 0 spiro atoms. The topological polar surface area (TPSA) is 64.1 Å². The average Bonchev–Trinajstić information content (AvgIpc) is 2.48. The van der Waals surface area contributed by atoms with Gasteiger partial charge in [0, 0.05) is 10.5 Å². The monoisotopic (exact) mass is 335 g/mol. The van der Waals surface area contributed by atoms with Crippen LogP contribution in [0.3, 0.4) is 0 Å². The van der Waals surface area contributed by atoms with Crippen molar-refractivity contribution in [3.63, 3.8) is 0 Å². The Morgan fingerprint density at radius 2 is 1.95 bits per heavy atom. The van der Waals surface area contributed by atoms with Gasteiger partial charge in [0.2, 0.25) is 0 Å². The van der Waals surface area contributed by atoms with Gasteiger partial charge in [0.05, 0.1) is 19.5 Å². The van der Waals surface area contributed by atoms with Crippen molar-refractivity contribution in [1.29, 1.82) is 0 Å². The lowest BCUT2D eigenvalue weighted by molar-refractivity contribution is 0.0593. The number of benzene rings is 1. The molecule has 5 nitrogen and oxygen atoms in total. The highest BCUT2D eigenvalue weighted by Crippen LogP contribution is 2.19. The van der Waals surface area contributed by atoms with E-state index in [9.17, 15) is 4.79 Å². The van der Waals surface area contributed by atoms with E-state index in [1.165, 1.54) is 19.5 Å². The standard InChI is InChI=1S/C14H14BrN3O2/c1-9(10-3-5-11(15)6-4-10)18-13-8-16-12(7-17-13)14(19)20-2/h3-9H,1-2H3,(H,17,18). The third-order valence-electron chi connectivity index (χ3n) is 2.78. The fourth-order valence-corrected chi connectivity index (χ4v) is 1.93. The number of methoxy groups -OCH3 is 1. The Labute approximate surface area is 125 Å². The van der Waals surface area contributed by atoms with E-state index in [2.05, 4.69) is 36.0 Å². The molecule has 2 aromatic rings. The van der Waals surface area contributed by atoms with Gasteiger partial charge >= 0.3 is 5.97 Å². The maximum absolute atomic E-state index is 11.3. The zero-order chi connectivity index (χ0) is 14.5. The molecule has 0 aliphatic rings. The van der Waals surface area contributed by atoms with Crippen molar-refractivity contribution in [3.05, 3.63) is 52.4 Å². The molecular weight excluding hydrogens is 322 g/mol. The second-order valence-corrected chi connectivity index (χ2v) is 5.11. The van der Waals surface area contributed by atoms with Crippen LogP contribution in [0.2, 0.25) is 0 Å². The van der Waals surface area contributed by atoms with Gasteiger partial charge in [-0.05, 0) is 24.6 Å². The van der Waals surface area contributed by atoms with Crippen molar-refractivity contribution < 1.29 is 9.53 Å². The van der Waals surface area contributed by atoms with Gasteiger partial charge in [-0.2, -0.15) is 0 Å². The predicted molar refractivity (Wildman–Crippen MR) is 79.6 cm³/mol. The highest BCUT2D eigenvalue weighted by molar-refractivity contribution is 9.10. The summed E-state index contributed by atoms with van der Waals surface area (Å²) in [6.07, 6.45) is 2.91. The van der Waals surface area contributed by atoms with Crippen molar-refractivity contribution in [1.82, 2.24) is 9.97 Å². The van der Waals surface area contributed by atoms with Gasteiger partial charge in [-0.25, -0.2) is 14.8 Å². The summed E-state index contributed by atoms with van der Waals surface area (Å²) in [7, 11) is 1.31. The summed E-state index contributed by atoms with van der Waals surface area (Å²) >= 11 is 3.40. The van der Waals surface area contributed by atoms with Crippen LogP contribution < -0.4 is 5.32 Å². The number of nitrogens with one attached hydrogen (secondary N) is 1. The molecule has 1 unspecified atom stereocenters. The maximum atomic E-state index is 11.3. The minimum Gasteiger partial charge on any atom is -0.464 e. The van der Waals surface area contributed by atoms with E-state index in [1.807, 2.05) is 31.2 Å². The van der Waals surface area contributed by atoms with Crippen LogP contribution in [-0.2, 0) is 4.74 Å². The molecule has 0 radical (unpaired) electrons. The Morgan fingerprint density at radius 3 is 2.50 bits per heavy atom. The number of halogens is 1. The molecule has 1 atom stereocenters. The highest BCUT2D eigenvalue weighted by atomic mass is 79.9. The summed E-state index contributed by atoms with van der Waals surface area (Å²) in [5.74, 6) is 0.109. The van der Waals surface area contributed by atoms with Crippen LogP contribution in [0.4, 0.5) is 5.82 Å². The van der Waals surface area contributed by atoms with E-state index < -0.39 is 5.97 Å². The van der Waals surface area contributed by atoms with Crippen molar-refractivity contribution in [2.24, 2.45) is 0 Å². The van der Waals surface area contributed by atoms with Crippen LogP contribution in [0.15, 0.2) is 41.1 Å². The molecule has 0 amide bonds. The van der Waals surface area contributed by atoms with E-state index in [1.54, 1.807) is 0 Å². The summed E-state index contributed by atoms with van der Waals surface area (Å²) in [5.41, 5.74) is 1.32. The molecule has 1 aromatic carbocycles. The van der Waals surface area contributed by atoms with Gasteiger partial charge < -0.3 is 10.1 Å². The van der Waals surface area contributed by atoms with Gasteiger partial charge in [0.1, 0.15) is 5.82 Å². The molecule has 0 saturated carbocycles. The number of hydrogen-bond acceptors (Lipinski definition) is 5. The summed E-state index contributed by atoms with van der Waals surface area (Å²) in [6.45, 7) is 2.03. The molecule has 6 heteroatoms. The molecule has 0 fully saturated rings. The number of carbonyl (C=O) groups excluding carboxylic acids is 1. The number of aromatic nitrogens is 2. The summed E-state index contributed by atoms with van der Waals surface area (Å²) < 4.78 is 5.61. The van der Waals surface area contributed by atoms with Crippen LogP contribution in [0.25, 0.3) is 0 Å². The SMILES string of the molecule is COC(=O)c1cnc(NC(C)c2ccc(Br)cc2)cn1. The first-order chi connectivity index (χ1) is 9.60. The van der Waals surface area contributed by atoms with Crippen LogP contribution in [0, 0.1) is 0 Å². The van der Waals surface area contributed by atoms with Gasteiger partial charge in [-0.3, -0.25) is 0 Å². The molecule has 1 aromatic heterocycles. The molecule has 104 valence electrons. The number of hydrogen-bond donors (Lipinski definition) is 1. The minimum absolute atomic E-state index is 0.0846.